The van der Waals surface area contributed by atoms with Crippen LogP contribution < -0.4 is 5.32 Å². The lowest BCUT2D eigenvalue weighted by atomic mass is 10.1. The Morgan fingerprint density at radius 2 is 2.00 bits per heavy atom. The Morgan fingerprint density at radius 1 is 1.23 bits per heavy atom. The second-order valence-corrected chi connectivity index (χ2v) is 9.06. The zero-order valence-corrected chi connectivity index (χ0v) is 21.1. The molecule has 2 aliphatic heterocycles. The van der Waals surface area contributed by atoms with Gasteiger partial charge in [-0.2, -0.15) is 0 Å². The van der Waals surface area contributed by atoms with Crippen molar-refractivity contribution in [1.82, 2.24) is 14.8 Å². The average molecular weight is 487 g/mol. The van der Waals surface area contributed by atoms with E-state index in [1.54, 1.807) is 11.3 Å². The fourth-order valence-corrected chi connectivity index (χ4v) is 4.80. The molecule has 4 rings (SSSR count). The van der Waals surface area contributed by atoms with Crippen LogP contribution in [0.4, 0.5) is 16.4 Å². The van der Waals surface area contributed by atoms with E-state index in [2.05, 4.69) is 61.1 Å². The van der Waals surface area contributed by atoms with Crippen LogP contribution >= 0.6 is 36.2 Å². The Hall–Kier alpha value is -1.38. The molecule has 1 atom stereocenters. The highest BCUT2D eigenvalue weighted by molar-refractivity contribution is 7.16. The highest BCUT2D eigenvalue weighted by atomic mass is 35.5. The monoisotopic (exact) mass is 485 g/mol. The molecule has 1 saturated heterocycles. The normalized spacial score (nSPS) is 18.2. The lowest BCUT2D eigenvalue weighted by Crippen LogP contribution is -2.53. The van der Waals surface area contributed by atoms with E-state index >= 15 is 0 Å². The van der Waals surface area contributed by atoms with Crippen LogP contribution in [-0.4, -0.2) is 66.6 Å². The van der Waals surface area contributed by atoms with E-state index in [0.717, 1.165) is 72.2 Å². The van der Waals surface area contributed by atoms with Crippen LogP contribution in [-0.2, 0) is 4.74 Å². The number of fused-ring (bicyclic) bond motifs is 2. The molecule has 1 aromatic heterocycles. The summed E-state index contributed by atoms with van der Waals surface area (Å²) >= 11 is 1.75. The Labute approximate surface area is 201 Å². The van der Waals surface area contributed by atoms with Crippen molar-refractivity contribution in [2.24, 2.45) is 4.99 Å². The largest absolute Gasteiger partial charge is 0.382 e. The van der Waals surface area contributed by atoms with Crippen LogP contribution in [0.5, 0.6) is 0 Å². The lowest BCUT2D eigenvalue weighted by Gasteiger charge is -2.40. The van der Waals surface area contributed by atoms with Crippen LogP contribution in [0.15, 0.2) is 29.3 Å². The second-order valence-electron chi connectivity index (χ2n) is 8.03. The van der Waals surface area contributed by atoms with Crippen LogP contribution in [0.1, 0.15) is 43.8 Å². The fraction of sp³-hybridized carbons (Fsp3) is 0.545. The number of likely N-dealkylation sites (N-methyl/N-ethyl adjacent to an activating group) is 1. The summed E-state index contributed by atoms with van der Waals surface area (Å²) in [6, 6.07) is 8.72. The van der Waals surface area contributed by atoms with Crippen molar-refractivity contribution in [3.8, 4) is 0 Å². The van der Waals surface area contributed by atoms with Crippen LogP contribution in [0.2, 0.25) is 0 Å². The molecule has 2 aliphatic rings. The lowest BCUT2D eigenvalue weighted by molar-refractivity contribution is 0.0843. The van der Waals surface area contributed by atoms with Crippen molar-refractivity contribution < 1.29 is 4.74 Å². The predicted octanol–water partition coefficient (Wildman–Crippen LogP) is 5.29. The van der Waals surface area contributed by atoms with Gasteiger partial charge in [0.05, 0.1) is 16.4 Å². The minimum Gasteiger partial charge on any atom is -0.382 e. The number of nitrogens with one attached hydrogen (secondary N) is 1. The number of thiazole rings is 1. The van der Waals surface area contributed by atoms with Crippen LogP contribution in [0.25, 0.3) is 0 Å². The number of halogens is 2. The van der Waals surface area contributed by atoms with Gasteiger partial charge in [-0.1, -0.05) is 26.0 Å². The number of hydrogen-bond acceptors (Lipinski definition) is 7. The molecule has 9 heteroatoms. The molecule has 6 nitrogen and oxygen atoms in total. The average Bonchev–Trinajstić information content (AvgIpc) is 3.06. The molecule has 0 bridgehead atoms. The minimum atomic E-state index is 0. The standard InChI is InChI=1S/C22H31N5OS.2ClH/c1-5-28-13-10-16-14-27(12-11-26(16)4)20-19-22(29-21(25-19)15(2)3)24-18-9-7-6-8-17(18)23-20;;/h6-9,15-16,24H,5,10-14H2,1-4H3;2*1H. The Kier molecular flexibility index (Phi) is 9.58. The number of nitrogens with zero attached hydrogens (tertiary/aromatic N) is 4. The van der Waals surface area contributed by atoms with Gasteiger partial charge in [-0.25, -0.2) is 9.98 Å². The number of amidine groups is 1. The van der Waals surface area contributed by atoms with Gasteiger partial charge in [0.2, 0.25) is 0 Å². The van der Waals surface area contributed by atoms with E-state index in [4.69, 9.17) is 14.7 Å². The molecule has 0 radical (unpaired) electrons. The molecule has 3 heterocycles. The van der Waals surface area contributed by atoms with E-state index < -0.39 is 0 Å². The molecule has 2 aromatic rings. The van der Waals surface area contributed by atoms with E-state index in [0.29, 0.717) is 12.0 Å². The molecule has 31 heavy (non-hydrogen) atoms. The van der Waals surface area contributed by atoms with Gasteiger partial charge in [0.15, 0.2) is 5.84 Å². The summed E-state index contributed by atoms with van der Waals surface area (Å²) in [5, 5.41) is 5.84. The van der Waals surface area contributed by atoms with E-state index in [-0.39, 0.29) is 24.8 Å². The van der Waals surface area contributed by atoms with Crippen molar-refractivity contribution in [1.29, 1.82) is 0 Å². The molecule has 172 valence electrons. The van der Waals surface area contributed by atoms with Gasteiger partial charge >= 0.3 is 0 Å². The SMILES string of the molecule is CCOCCC1CN(C2=Nc3ccccc3Nc3sc(C(C)C)nc32)CCN1C.Cl.Cl. The maximum absolute atomic E-state index is 5.62. The first-order valence-corrected chi connectivity index (χ1v) is 11.4. The predicted molar refractivity (Wildman–Crippen MR) is 136 cm³/mol. The molecule has 1 unspecified atom stereocenters. The highest BCUT2D eigenvalue weighted by Gasteiger charge is 2.31. The summed E-state index contributed by atoms with van der Waals surface area (Å²) in [5.74, 6) is 1.40. The topological polar surface area (TPSA) is 53.0 Å². The first-order valence-electron chi connectivity index (χ1n) is 10.6. The Morgan fingerprint density at radius 3 is 2.74 bits per heavy atom. The number of ether oxygens (including phenoxy) is 1. The Balaban J connectivity index is 0.00000171. The Bertz CT molecular complexity index is 889. The molecular formula is C22H33Cl2N5OS. The van der Waals surface area contributed by atoms with Gasteiger partial charge < -0.3 is 15.0 Å². The second kappa shape index (κ2) is 11.5. The molecule has 0 aliphatic carbocycles. The van der Waals surface area contributed by atoms with Crippen molar-refractivity contribution in [3.05, 3.63) is 35.0 Å². The summed E-state index contributed by atoms with van der Waals surface area (Å²) in [7, 11) is 2.21. The molecule has 0 saturated carbocycles. The molecular weight excluding hydrogens is 453 g/mol. The van der Waals surface area contributed by atoms with Gasteiger partial charge in [-0.3, -0.25) is 4.90 Å². The zero-order chi connectivity index (χ0) is 20.4. The number of benzene rings is 1. The van der Waals surface area contributed by atoms with Crippen LogP contribution in [0, 0.1) is 0 Å². The van der Waals surface area contributed by atoms with E-state index in [9.17, 15) is 0 Å². The van der Waals surface area contributed by atoms with E-state index in [1.807, 2.05) is 6.07 Å². The van der Waals surface area contributed by atoms with Gasteiger partial charge in [0.25, 0.3) is 0 Å². The number of rotatable bonds is 5. The number of anilines is 2. The smallest absolute Gasteiger partial charge is 0.158 e. The minimum absolute atomic E-state index is 0. The zero-order valence-electron chi connectivity index (χ0n) is 18.6. The van der Waals surface area contributed by atoms with Crippen LogP contribution in [0.3, 0.4) is 0 Å². The third-order valence-electron chi connectivity index (χ3n) is 5.60. The molecule has 0 spiro atoms. The number of piperazine rings is 1. The fourth-order valence-electron chi connectivity index (χ4n) is 3.82. The number of aliphatic imine (C=N–C) groups is 1. The van der Waals surface area contributed by atoms with Gasteiger partial charge in [0.1, 0.15) is 10.7 Å². The van der Waals surface area contributed by atoms with Gasteiger partial charge in [0, 0.05) is 44.8 Å². The van der Waals surface area contributed by atoms with Crippen molar-refractivity contribution in [3.63, 3.8) is 0 Å². The molecule has 1 N–H and O–H groups in total. The highest BCUT2D eigenvalue weighted by Crippen LogP contribution is 2.39. The quantitative estimate of drug-likeness (QED) is 0.583. The maximum atomic E-state index is 5.62. The summed E-state index contributed by atoms with van der Waals surface area (Å²) in [5.41, 5.74) is 3.01. The molecule has 0 amide bonds. The number of para-hydroxylation sites is 2. The summed E-state index contributed by atoms with van der Waals surface area (Å²) in [6.45, 7) is 10.9. The maximum Gasteiger partial charge on any atom is 0.158 e. The molecule has 1 aromatic carbocycles. The summed E-state index contributed by atoms with van der Waals surface area (Å²) in [6.07, 6.45) is 1.03. The van der Waals surface area contributed by atoms with Crippen molar-refractivity contribution in [2.45, 2.75) is 39.2 Å². The van der Waals surface area contributed by atoms with Gasteiger partial charge in [-0.15, -0.1) is 36.2 Å². The van der Waals surface area contributed by atoms with Crippen molar-refractivity contribution >= 4 is 58.4 Å². The molecule has 1 fully saturated rings. The van der Waals surface area contributed by atoms with E-state index in [1.165, 1.54) is 0 Å². The number of hydrogen-bond donors (Lipinski definition) is 1. The van der Waals surface area contributed by atoms with Gasteiger partial charge in [-0.05, 0) is 32.5 Å². The first-order chi connectivity index (χ1) is 14.1. The summed E-state index contributed by atoms with van der Waals surface area (Å²) < 4.78 is 5.62. The first kappa shape index (κ1) is 25.9. The third kappa shape index (κ3) is 5.71. The summed E-state index contributed by atoms with van der Waals surface area (Å²) in [4.78, 5) is 15.0. The van der Waals surface area contributed by atoms with Crippen molar-refractivity contribution in [2.75, 3.05) is 45.2 Å². The third-order valence-corrected chi connectivity index (χ3v) is 6.88. The number of aromatic nitrogens is 1.